The molecule has 1 heterocycles. The summed E-state index contributed by atoms with van der Waals surface area (Å²) in [5.41, 5.74) is 0.948. The lowest BCUT2D eigenvalue weighted by Gasteiger charge is -2.36. The van der Waals surface area contributed by atoms with Crippen LogP contribution in [0.3, 0.4) is 0 Å². The molecule has 0 aromatic heterocycles. The molecule has 0 spiro atoms. The Kier molecular flexibility index (Phi) is 3.01. The van der Waals surface area contributed by atoms with Gasteiger partial charge in [0.1, 0.15) is 5.60 Å². The van der Waals surface area contributed by atoms with Crippen molar-refractivity contribution >= 4 is 0 Å². The maximum Gasteiger partial charge on any atom is 0.118 e. The zero-order valence-electron chi connectivity index (χ0n) is 8.37. The summed E-state index contributed by atoms with van der Waals surface area (Å²) in [5.74, 6) is 5.44. The predicted octanol–water partition coefficient (Wildman–Crippen LogP) is 1.70. The molecule has 2 rings (SSSR count). The van der Waals surface area contributed by atoms with Crippen molar-refractivity contribution in [2.24, 2.45) is 5.90 Å². The van der Waals surface area contributed by atoms with Crippen molar-refractivity contribution in [3.8, 4) is 0 Å². The first-order valence-corrected chi connectivity index (χ1v) is 5.20. The first-order chi connectivity index (χ1) is 6.87. The first-order valence-electron chi connectivity index (χ1n) is 5.20. The van der Waals surface area contributed by atoms with E-state index in [-0.39, 0.29) is 5.60 Å². The van der Waals surface area contributed by atoms with Gasteiger partial charge in [-0.3, -0.25) is 4.84 Å². The molecular formula is C11H17NO2. The van der Waals surface area contributed by atoms with Crippen LogP contribution < -0.4 is 5.90 Å². The van der Waals surface area contributed by atoms with Gasteiger partial charge in [0, 0.05) is 26.1 Å². The molecule has 0 radical (unpaired) electrons. The Morgan fingerprint density at radius 1 is 1.29 bits per heavy atom. The molecule has 0 bridgehead atoms. The molecule has 1 fully saturated rings. The normalized spacial score (nSPS) is 25.9. The third-order valence-electron chi connectivity index (χ3n) is 3.05. The Balaban J connectivity index is 2.17. The number of ether oxygens (including phenoxy) is 1. The largest absolute Gasteiger partial charge is 0.381 e. The molecular weight excluding hydrogens is 178 g/mol. The summed E-state index contributed by atoms with van der Waals surface area (Å²) in [5, 5.41) is 0. The zero-order valence-corrected chi connectivity index (χ0v) is 8.37. The van der Waals surface area contributed by atoms with Crippen LogP contribution in [0, 0.1) is 0 Å². The maximum atomic E-state index is 5.44. The topological polar surface area (TPSA) is 44.5 Å². The van der Waals surface area contributed by atoms with Crippen LogP contribution >= 0.6 is 0 Å². The van der Waals surface area contributed by atoms with E-state index in [2.05, 4.69) is 18.2 Å². The SMILES string of the molecule is NOC1(C2=CCCC=C2)CCOCC1. The van der Waals surface area contributed by atoms with E-state index in [0.717, 1.165) is 38.9 Å². The van der Waals surface area contributed by atoms with E-state index in [1.807, 2.05) is 0 Å². The minimum absolute atomic E-state index is 0.283. The van der Waals surface area contributed by atoms with E-state index in [1.54, 1.807) is 0 Å². The highest BCUT2D eigenvalue weighted by Gasteiger charge is 2.36. The molecule has 3 nitrogen and oxygen atoms in total. The fourth-order valence-corrected chi connectivity index (χ4v) is 2.13. The van der Waals surface area contributed by atoms with Crippen LogP contribution in [0.15, 0.2) is 23.8 Å². The van der Waals surface area contributed by atoms with Crippen molar-refractivity contribution in [2.45, 2.75) is 31.3 Å². The molecule has 1 saturated heterocycles. The van der Waals surface area contributed by atoms with E-state index in [0.29, 0.717) is 0 Å². The molecule has 0 amide bonds. The molecule has 0 aromatic rings. The molecule has 1 aliphatic heterocycles. The van der Waals surface area contributed by atoms with Crippen molar-refractivity contribution < 1.29 is 9.57 Å². The highest BCUT2D eigenvalue weighted by atomic mass is 16.6. The van der Waals surface area contributed by atoms with Crippen LogP contribution in [0.25, 0.3) is 0 Å². The fraction of sp³-hybridized carbons (Fsp3) is 0.636. The van der Waals surface area contributed by atoms with Gasteiger partial charge in [0.05, 0.1) is 0 Å². The van der Waals surface area contributed by atoms with Gasteiger partial charge in [0.15, 0.2) is 0 Å². The zero-order chi connectivity index (χ0) is 9.86. The second kappa shape index (κ2) is 4.26. The predicted molar refractivity (Wildman–Crippen MR) is 54.5 cm³/mol. The van der Waals surface area contributed by atoms with Gasteiger partial charge in [-0.2, -0.15) is 0 Å². The summed E-state index contributed by atoms with van der Waals surface area (Å²) in [7, 11) is 0. The van der Waals surface area contributed by atoms with E-state index >= 15 is 0 Å². The van der Waals surface area contributed by atoms with E-state index in [9.17, 15) is 0 Å². The Morgan fingerprint density at radius 3 is 2.64 bits per heavy atom. The summed E-state index contributed by atoms with van der Waals surface area (Å²) < 4.78 is 5.33. The van der Waals surface area contributed by atoms with Gasteiger partial charge < -0.3 is 4.74 Å². The number of rotatable bonds is 2. The van der Waals surface area contributed by atoms with Crippen LogP contribution in [0.4, 0.5) is 0 Å². The summed E-state index contributed by atoms with van der Waals surface area (Å²) in [4.78, 5) is 5.22. The molecule has 1 aliphatic carbocycles. The molecule has 14 heavy (non-hydrogen) atoms. The van der Waals surface area contributed by atoms with Gasteiger partial charge in [-0.1, -0.05) is 18.2 Å². The van der Waals surface area contributed by atoms with Crippen molar-refractivity contribution in [2.75, 3.05) is 13.2 Å². The average Bonchev–Trinajstić information content (AvgIpc) is 2.31. The van der Waals surface area contributed by atoms with Gasteiger partial charge in [0.2, 0.25) is 0 Å². The Labute approximate surface area is 84.5 Å². The third kappa shape index (κ3) is 1.75. The quantitative estimate of drug-likeness (QED) is 0.682. The van der Waals surface area contributed by atoms with Crippen LogP contribution in [0.1, 0.15) is 25.7 Å². The van der Waals surface area contributed by atoms with Crippen LogP contribution in [0.2, 0.25) is 0 Å². The summed E-state index contributed by atoms with van der Waals surface area (Å²) in [6.45, 7) is 1.48. The third-order valence-corrected chi connectivity index (χ3v) is 3.05. The highest BCUT2D eigenvalue weighted by molar-refractivity contribution is 5.32. The molecule has 2 aliphatic rings. The number of nitrogens with two attached hydrogens (primary N) is 1. The first kappa shape index (κ1) is 9.90. The van der Waals surface area contributed by atoms with Gasteiger partial charge in [-0.05, 0) is 18.4 Å². The second-order valence-corrected chi connectivity index (χ2v) is 3.86. The van der Waals surface area contributed by atoms with E-state index in [1.165, 1.54) is 5.57 Å². The van der Waals surface area contributed by atoms with Crippen molar-refractivity contribution in [3.63, 3.8) is 0 Å². The minimum atomic E-state index is -0.283. The average molecular weight is 195 g/mol. The van der Waals surface area contributed by atoms with Gasteiger partial charge in [-0.25, -0.2) is 5.90 Å². The highest BCUT2D eigenvalue weighted by Crippen LogP contribution is 2.34. The lowest BCUT2D eigenvalue weighted by Crippen LogP contribution is -2.42. The molecule has 78 valence electrons. The summed E-state index contributed by atoms with van der Waals surface area (Å²) in [6.07, 6.45) is 10.5. The summed E-state index contributed by atoms with van der Waals surface area (Å²) in [6, 6.07) is 0. The standard InChI is InChI=1S/C11H17NO2/c12-14-11(6-8-13-9-7-11)10-4-2-1-3-5-10/h2,4-5H,1,3,6-9,12H2. The lowest BCUT2D eigenvalue weighted by atomic mass is 9.83. The van der Waals surface area contributed by atoms with E-state index in [4.69, 9.17) is 15.5 Å². The molecule has 0 atom stereocenters. The molecule has 0 unspecified atom stereocenters. The van der Waals surface area contributed by atoms with Crippen LogP contribution in [0.5, 0.6) is 0 Å². The number of hydrogen-bond donors (Lipinski definition) is 1. The van der Waals surface area contributed by atoms with Gasteiger partial charge in [-0.15, -0.1) is 0 Å². The second-order valence-electron chi connectivity index (χ2n) is 3.86. The lowest BCUT2D eigenvalue weighted by molar-refractivity contribution is -0.0880. The van der Waals surface area contributed by atoms with Crippen LogP contribution in [-0.2, 0) is 9.57 Å². The fourth-order valence-electron chi connectivity index (χ4n) is 2.13. The van der Waals surface area contributed by atoms with Crippen LogP contribution in [-0.4, -0.2) is 18.8 Å². The monoisotopic (exact) mass is 195 g/mol. The summed E-state index contributed by atoms with van der Waals surface area (Å²) >= 11 is 0. The molecule has 3 heteroatoms. The maximum absolute atomic E-state index is 5.44. The van der Waals surface area contributed by atoms with Crippen molar-refractivity contribution in [1.29, 1.82) is 0 Å². The molecule has 0 aromatic carbocycles. The Morgan fingerprint density at radius 2 is 2.07 bits per heavy atom. The molecule has 0 saturated carbocycles. The number of allylic oxidation sites excluding steroid dienone is 2. The minimum Gasteiger partial charge on any atom is -0.381 e. The smallest absolute Gasteiger partial charge is 0.118 e. The Bertz CT molecular complexity index is 252. The Hall–Kier alpha value is -0.640. The van der Waals surface area contributed by atoms with E-state index < -0.39 is 0 Å². The molecule has 2 N–H and O–H groups in total. The van der Waals surface area contributed by atoms with Crippen molar-refractivity contribution in [3.05, 3.63) is 23.8 Å². The van der Waals surface area contributed by atoms with Gasteiger partial charge in [0.25, 0.3) is 0 Å². The number of hydrogen-bond acceptors (Lipinski definition) is 3. The van der Waals surface area contributed by atoms with Crippen molar-refractivity contribution in [1.82, 2.24) is 0 Å². The van der Waals surface area contributed by atoms with Gasteiger partial charge >= 0.3 is 0 Å².